The third-order valence-electron chi connectivity index (χ3n) is 6.92. The third kappa shape index (κ3) is 5.07. The van der Waals surface area contributed by atoms with Crippen LogP contribution in [0.1, 0.15) is 48.2 Å². The van der Waals surface area contributed by atoms with E-state index in [1.165, 1.54) is 6.07 Å². The number of fused-ring (bicyclic) bond motifs is 3. The van der Waals surface area contributed by atoms with E-state index in [1.807, 2.05) is 11.0 Å². The Hall–Kier alpha value is -3.76. The van der Waals surface area contributed by atoms with E-state index in [0.29, 0.717) is 49.0 Å². The molecule has 4 N–H and O–H groups in total. The fourth-order valence-corrected chi connectivity index (χ4v) is 5.14. The number of halogens is 3. The molecule has 0 atom stereocenters. The Morgan fingerprint density at radius 1 is 1.22 bits per heavy atom. The van der Waals surface area contributed by atoms with Crippen molar-refractivity contribution in [3.05, 3.63) is 46.8 Å². The van der Waals surface area contributed by atoms with Gasteiger partial charge >= 0.3 is 6.18 Å². The number of ether oxygens (including phenoxy) is 1. The summed E-state index contributed by atoms with van der Waals surface area (Å²) in [5.74, 6) is 2.08. The second kappa shape index (κ2) is 9.60. The predicted octanol–water partition coefficient (Wildman–Crippen LogP) is 4.68. The lowest BCUT2D eigenvalue weighted by atomic mass is 9.87. The molecule has 37 heavy (non-hydrogen) atoms. The first kappa shape index (κ1) is 24.9. The van der Waals surface area contributed by atoms with Gasteiger partial charge in [0.1, 0.15) is 35.2 Å². The Labute approximate surface area is 212 Å². The number of nitrogens with zero attached hydrogens (tertiary/aromatic N) is 3. The van der Waals surface area contributed by atoms with Gasteiger partial charge in [0.2, 0.25) is 5.91 Å². The molecule has 1 aromatic heterocycles. The lowest BCUT2D eigenvalue weighted by Crippen LogP contribution is -2.36. The van der Waals surface area contributed by atoms with Crippen molar-refractivity contribution in [2.75, 3.05) is 42.6 Å². The highest BCUT2D eigenvalue weighted by molar-refractivity contribution is 6.01. The number of hydrogen-bond acceptors (Lipinski definition) is 7. The lowest BCUT2D eigenvalue weighted by Gasteiger charge is -2.34. The summed E-state index contributed by atoms with van der Waals surface area (Å²) in [4.78, 5) is 22.9. The molecule has 1 amide bonds. The minimum atomic E-state index is -4.49. The summed E-state index contributed by atoms with van der Waals surface area (Å²) < 4.78 is 46.0. The molecule has 2 aromatic carbocycles. The van der Waals surface area contributed by atoms with E-state index in [0.717, 1.165) is 47.4 Å². The number of piperidine rings is 1. The molecule has 0 bridgehead atoms. The van der Waals surface area contributed by atoms with Crippen LogP contribution in [-0.2, 0) is 17.5 Å². The molecule has 1 saturated heterocycles. The molecule has 196 valence electrons. The molecule has 1 fully saturated rings. The summed E-state index contributed by atoms with van der Waals surface area (Å²) in [5.41, 5.74) is 7.91. The number of carbonyl (C=O) groups excluding carboxylic acids is 1. The van der Waals surface area contributed by atoms with E-state index in [1.54, 1.807) is 13.8 Å². The van der Waals surface area contributed by atoms with Crippen LogP contribution in [0.3, 0.4) is 0 Å². The van der Waals surface area contributed by atoms with Gasteiger partial charge in [-0.1, -0.05) is 0 Å². The van der Waals surface area contributed by atoms with Crippen molar-refractivity contribution >= 4 is 34.0 Å². The Bertz CT molecular complexity index is 1350. The first-order chi connectivity index (χ1) is 17.6. The van der Waals surface area contributed by atoms with Crippen molar-refractivity contribution in [3.63, 3.8) is 0 Å². The number of carbonyl (C=O) groups is 1. The molecule has 11 heteroatoms. The highest BCUT2D eigenvalue weighted by atomic mass is 19.4. The topological polar surface area (TPSA) is 105 Å². The largest absolute Gasteiger partial charge is 0.489 e. The number of nitrogens with two attached hydrogens (primary N) is 1. The second-order valence-electron chi connectivity index (χ2n) is 9.56. The van der Waals surface area contributed by atoms with Crippen LogP contribution in [0.15, 0.2) is 24.3 Å². The monoisotopic (exact) mass is 514 g/mol. The highest BCUT2D eigenvalue weighted by Crippen LogP contribution is 2.45. The molecule has 0 saturated carbocycles. The maximum absolute atomic E-state index is 13.3. The minimum absolute atomic E-state index is 0.0463. The number of nitrogens with one attached hydrogen (secondary N) is 2. The van der Waals surface area contributed by atoms with Crippen molar-refractivity contribution in [3.8, 4) is 5.75 Å². The van der Waals surface area contributed by atoms with Gasteiger partial charge in [-0.25, -0.2) is 9.97 Å². The van der Waals surface area contributed by atoms with E-state index in [2.05, 4.69) is 20.6 Å². The van der Waals surface area contributed by atoms with Crippen molar-refractivity contribution in [1.82, 2.24) is 14.9 Å². The summed E-state index contributed by atoms with van der Waals surface area (Å²) in [7, 11) is 0. The summed E-state index contributed by atoms with van der Waals surface area (Å²) in [6.07, 6.45) is -2.88. The van der Waals surface area contributed by atoms with Crippen molar-refractivity contribution in [2.24, 2.45) is 0 Å². The number of aryl methyl sites for hydroxylation is 1. The molecule has 8 nitrogen and oxygen atoms in total. The molecule has 2 aliphatic rings. The molecule has 0 radical (unpaired) electrons. The summed E-state index contributed by atoms with van der Waals surface area (Å²) in [6, 6.07) is 5.56. The summed E-state index contributed by atoms with van der Waals surface area (Å²) in [6.45, 7) is 5.97. The molecular weight excluding hydrogens is 485 g/mol. The number of likely N-dealkylation sites (tertiary alicyclic amines) is 1. The Morgan fingerprint density at radius 3 is 2.68 bits per heavy atom. The molecular formula is C26H29F3N6O2. The van der Waals surface area contributed by atoms with Crippen LogP contribution >= 0.6 is 0 Å². The van der Waals surface area contributed by atoms with Gasteiger partial charge in [-0.3, -0.25) is 4.79 Å². The number of alkyl halides is 3. The van der Waals surface area contributed by atoms with E-state index >= 15 is 0 Å². The van der Waals surface area contributed by atoms with Crippen LogP contribution in [0, 0.1) is 6.92 Å². The maximum Gasteiger partial charge on any atom is 0.416 e. The number of amides is 1. The summed E-state index contributed by atoms with van der Waals surface area (Å²) in [5, 5.41) is 7.39. The highest BCUT2D eigenvalue weighted by Gasteiger charge is 2.31. The quantitative estimate of drug-likeness (QED) is 0.434. The van der Waals surface area contributed by atoms with Gasteiger partial charge in [0.05, 0.1) is 5.56 Å². The number of hydrogen-bond donors (Lipinski definition) is 3. The SMILES string of the molecule is CC(=O)N1CCC(c2cc3c(NCc4cc(N)cc(C(F)(F)F)c4)nc(C)nc3c3c2OCCN3)CC1. The zero-order valence-corrected chi connectivity index (χ0v) is 20.7. The van der Waals surface area contributed by atoms with Crippen LogP contribution in [-0.4, -0.2) is 47.0 Å². The third-order valence-corrected chi connectivity index (χ3v) is 6.92. The minimum Gasteiger partial charge on any atom is -0.489 e. The Balaban J connectivity index is 1.53. The van der Waals surface area contributed by atoms with Crippen molar-refractivity contribution < 1.29 is 22.7 Å². The molecule has 3 aromatic rings. The van der Waals surface area contributed by atoms with Gasteiger partial charge < -0.3 is 26.0 Å². The fourth-order valence-electron chi connectivity index (χ4n) is 5.14. The molecule has 0 spiro atoms. The Kier molecular flexibility index (Phi) is 6.47. The van der Waals surface area contributed by atoms with Crippen LogP contribution in [0.25, 0.3) is 10.9 Å². The van der Waals surface area contributed by atoms with Gasteiger partial charge in [-0.15, -0.1) is 0 Å². The zero-order chi connectivity index (χ0) is 26.3. The number of anilines is 3. The molecule has 3 heterocycles. The van der Waals surface area contributed by atoms with Gasteiger partial charge in [-0.05, 0) is 55.5 Å². The van der Waals surface area contributed by atoms with Crippen LogP contribution in [0.4, 0.5) is 30.4 Å². The van der Waals surface area contributed by atoms with E-state index in [-0.39, 0.29) is 24.1 Å². The first-order valence-corrected chi connectivity index (χ1v) is 12.3. The summed E-state index contributed by atoms with van der Waals surface area (Å²) >= 11 is 0. The Morgan fingerprint density at radius 2 is 1.97 bits per heavy atom. The standard InChI is InChI=1S/C26H29F3N6O2/c1-14-33-22-21(25(34-14)32-13-16-9-18(26(27,28)29)11-19(30)10-16)12-20(24-23(22)31-5-8-37-24)17-3-6-35(7-4-17)15(2)36/h9-12,17,31H,3-8,13,30H2,1-2H3,(H,32,33,34). The molecule has 0 unspecified atom stereocenters. The number of rotatable bonds is 4. The maximum atomic E-state index is 13.3. The van der Waals surface area contributed by atoms with Gasteiger partial charge in [0, 0.05) is 49.7 Å². The second-order valence-corrected chi connectivity index (χ2v) is 9.56. The predicted molar refractivity (Wildman–Crippen MR) is 136 cm³/mol. The van der Waals surface area contributed by atoms with E-state index in [4.69, 9.17) is 10.5 Å². The van der Waals surface area contributed by atoms with Crippen LogP contribution < -0.4 is 21.1 Å². The van der Waals surface area contributed by atoms with Crippen LogP contribution in [0.2, 0.25) is 0 Å². The number of aromatic nitrogens is 2. The molecule has 2 aliphatic heterocycles. The van der Waals surface area contributed by atoms with Crippen molar-refractivity contribution in [2.45, 2.75) is 45.3 Å². The zero-order valence-electron chi connectivity index (χ0n) is 20.7. The van der Waals surface area contributed by atoms with E-state index < -0.39 is 11.7 Å². The average molecular weight is 515 g/mol. The van der Waals surface area contributed by atoms with Crippen molar-refractivity contribution in [1.29, 1.82) is 0 Å². The smallest absolute Gasteiger partial charge is 0.416 e. The normalized spacial score (nSPS) is 16.2. The molecule has 0 aliphatic carbocycles. The number of benzene rings is 2. The van der Waals surface area contributed by atoms with E-state index in [9.17, 15) is 18.0 Å². The molecule has 5 rings (SSSR count). The van der Waals surface area contributed by atoms with Gasteiger partial charge in [0.25, 0.3) is 0 Å². The van der Waals surface area contributed by atoms with Crippen LogP contribution in [0.5, 0.6) is 5.75 Å². The number of nitrogen functional groups attached to an aromatic ring is 1. The average Bonchev–Trinajstić information content (AvgIpc) is 2.86. The fraction of sp³-hybridized carbons (Fsp3) is 0.423. The van der Waals surface area contributed by atoms with Gasteiger partial charge in [0.15, 0.2) is 0 Å². The first-order valence-electron chi connectivity index (χ1n) is 12.3. The lowest BCUT2D eigenvalue weighted by molar-refractivity contribution is -0.137. The van der Waals surface area contributed by atoms with Gasteiger partial charge in [-0.2, -0.15) is 13.2 Å².